The second kappa shape index (κ2) is 14.2. The van der Waals surface area contributed by atoms with E-state index in [0.717, 1.165) is 50.3 Å². The molecule has 5 rings (SSSR count). The highest BCUT2D eigenvalue weighted by molar-refractivity contribution is 5.90. The van der Waals surface area contributed by atoms with Crippen molar-refractivity contribution in [3.05, 3.63) is 130 Å². The number of unbranched alkanes of at least 4 members (excludes halogenated alkanes) is 4. The largest absolute Gasteiger partial charge is 0.206 e. The molecule has 236 valence electrons. The van der Waals surface area contributed by atoms with Gasteiger partial charge in [-0.1, -0.05) is 81.7 Å². The summed E-state index contributed by atoms with van der Waals surface area (Å²) in [6, 6.07) is 14.6. The van der Waals surface area contributed by atoms with Gasteiger partial charge >= 0.3 is 0 Å². The van der Waals surface area contributed by atoms with Crippen molar-refractivity contribution in [1.29, 1.82) is 0 Å². The molecule has 0 unspecified atom stereocenters. The lowest BCUT2D eigenvalue weighted by molar-refractivity contribution is 0.446. The Labute approximate surface area is 263 Å². The third kappa shape index (κ3) is 6.97. The van der Waals surface area contributed by atoms with Crippen molar-refractivity contribution in [2.24, 2.45) is 0 Å². The molecule has 0 aliphatic heterocycles. The van der Waals surface area contributed by atoms with Crippen LogP contribution in [0.15, 0.2) is 66.7 Å². The van der Waals surface area contributed by atoms with Gasteiger partial charge in [0.1, 0.15) is 23.3 Å². The van der Waals surface area contributed by atoms with Gasteiger partial charge in [-0.3, -0.25) is 0 Å². The first-order valence-corrected chi connectivity index (χ1v) is 15.3. The van der Waals surface area contributed by atoms with Crippen LogP contribution in [0.25, 0.3) is 33.0 Å². The Hall–Kier alpha value is -4.57. The number of hydrogen-bond donors (Lipinski definition) is 0. The van der Waals surface area contributed by atoms with Gasteiger partial charge in [0.15, 0.2) is 17.5 Å². The standard InChI is InChI=1S/C39H31F7/c1-3-5-6-7-8-9-23-16-29-22-33(42)36(39(46)37(29)32(41)17-23)27-13-11-26(12-14-27)28-20-25(4-2)30(31(40)21-28)15-10-24-18-34(43)38(45)35(44)19-24/h11-14,16-22H,3-9H2,1-2H3. The highest BCUT2D eigenvalue weighted by Gasteiger charge is 2.20. The monoisotopic (exact) mass is 632 g/mol. The Bertz CT molecular complexity index is 1940. The first kappa shape index (κ1) is 32.8. The number of aryl methyl sites for hydroxylation is 2. The molecule has 0 aromatic heterocycles. The van der Waals surface area contributed by atoms with E-state index in [0.29, 0.717) is 35.1 Å². The summed E-state index contributed by atoms with van der Waals surface area (Å²) in [6.07, 6.45) is 6.24. The minimum absolute atomic E-state index is 0.0231. The maximum atomic E-state index is 15.7. The van der Waals surface area contributed by atoms with Crippen molar-refractivity contribution >= 4 is 10.8 Å². The van der Waals surface area contributed by atoms with Crippen molar-refractivity contribution in [1.82, 2.24) is 0 Å². The molecule has 0 saturated heterocycles. The van der Waals surface area contributed by atoms with Crippen molar-refractivity contribution < 1.29 is 30.7 Å². The van der Waals surface area contributed by atoms with E-state index in [1.54, 1.807) is 31.2 Å². The Morgan fingerprint density at radius 1 is 0.543 bits per heavy atom. The predicted octanol–water partition coefficient (Wildman–Crippen LogP) is 11.6. The topological polar surface area (TPSA) is 0 Å². The minimum atomic E-state index is -1.61. The summed E-state index contributed by atoms with van der Waals surface area (Å²) in [7, 11) is 0. The van der Waals surface area contributed by atoms with E-state index >= 15 is 17.6 Å². The lowest BCUT2D eigenvalue weighted by Gasteiger charge is -2.13. The van der Waals surface area contributed by atoms with Crippen molar-refractivity contribution in [2.45, 2.75) is 58.8 Å². The van der Waals surface area contributed by atoms with Crippen LogP contribution in [0.1, 0.15) is 68.2 Å². The van der Waals surface area contributed by atoms with Gasteiger partial charge in [0.25, 0.3) is 0 Å². The Kier molecular flexibility index (Phi) is 10.2. The Morgan fingerprint density at radius 2 is 1.22 bits per heavy atom. The molecule has 46 heavy (non-hydrogen) atoms. The summed E-state index contributed by atoms with van der Waals surface area (Å²) in [5.41, 5.74) is 1.94. The average molecular weight is 633 g/mol. The minimum Gasteiger partial charge on any atom is -0.206 e. The fourth-order valence-corrected chi connectivity index (χ4v) is 5.65. The van der Waals surface area contributed by atoms with Crippen LogP contribution in [0.3, 0.4) is 0 Å². The SMILES string of the molecule is CCCCCCCc1cc(F)c2c(F)c(-c3ccc(-c4cc(F)c(C#Cc5cc(F)c(F)c(F)c5)c(CC)c4)cc3)c(F)cc2c1. The molecule has 7 heteroatoms. The second-order valence-corrected chi connectivity index (χ2v) is 11.3. The maximum Gasteiger partial charge on any atom is 0.194 e. The van der Waals surface area contributed by atoms with E-state index in [1.807, 2.05) is 0 Å². The van der Waals surface area contributed by atoms with Gasteiger partial charge < -0.3 is 0 Å². The molecule has 0 atom stereocenters. The summed E-state index contributed by atoms with van der Waals surface area (Å²) >= 11 is 0. The molecule has 0 bridgehead atoms. The highest BCUT2D eigenvalue weighted by atomic mass is 19.2. The van der Waals surface area contributed by atoms with Crippen molar-refractivity contribution in [3.63, 3.8) is 0 Å². The maximum absolute atomic E-state index is 15.7. The van der Waals surface area contributed by atoms with Gasteiger partial charge in [0.2, 0.25) is 0 Å². The number of hydrogen-bond acceptors (Lipinski definition) is 0. The molecule has 0 N–H and O–H groups in total. The number of halogens is 7. The van der Waals surface area contributed by atoms with E-state index < -0.39 is 40.7 Å². The van der Waals surface area contributed by atoms with Crippen LogP contribution in [0, 0.1) is 52.6 Å². The molecule has 0 fully saturated rings. The van der Waals surface area contributed by atoms with Crippen LogP contribution >= 0.6 is 0 Å². The normalized spacial score (nSPS) is 11.2. The van der Waals surface area contributed by atoms with Crippen molar-refractivity contribution in [2.75, 3.05) is 0 Å². The van der Waals surface area contributed by atoms with E-state index in [1.165, 1.54) is 24.3 Å². The molecule has 0 nitrogen and oxygen atoms in total. The molecule has 0 saturated carbocycles. The fraction of sp³-hybridized carbons (Fsp3) is 0.231. The molecule has 0 heterocycles. The van der Waals surface area contributed by atoms with Crippen LogP contribution in [0.5, 0.6) is 0 Å². The van der Waals surface area contributed by atoms with Crippen LogP contribution < -0.4 is 0 Å². The zero-order valence-electron chi connectivity index (χ0n) is 25.4. The number of rotatable bonds is 9. The van der Waals surface area contributed by atoms with Gasteiger partial charge in [-0.2, -0.15) is 0 Å². The zero-order chi connectivity index (χ0) is 33.0. The molecule has 5 aromatic carbocycles. The van der Waals surface area contributed by atoms with Crippen LogP contribution in [0.2, 0.25) is 0 Å². The first-order valence-electron chi connectivity index (χ1n) is 15.3. The Morgan fingerprint density at radius 3 is 1.89 bits per heavy atom. The van der Waals surface area contributed by atoms with Crippen molar-refractivity contribution in [3.8, 4) is 34.1 Å². The lowest BCUT2D eigenvalue weighted by Crippen LogP contribution is -1.97. The smallest absolute Gasteiger partial charge is 0.194 e. The van der Waals surface area contributed by atoms with Crippen LogP contribution in [0.4, 0.5) is 30.7 Å². The van der Waals surface area contributed by atoms with Gasteiger partial charge in [0.05, 0.1) is 16.5 Å². The van der Waals surface area contributed by atoms with E-state index in [2.05, 4.69) is 18.8 Å². The van der Waals surface area contributed by atoms with Gasteiger partial charge in [-0.05, 0) is 88.9 Å². The third-order valence-corrected chi connectivity index (χ3v) is 8.08. The molecular weight excluding hydrogens is 601 g/mol. The second-order valence-electron chi connectivity index (χ2n) is 11.3. The molecule has 0 spiro atoms. The average Bonchev–Trinajstić information content (AvgIpc) is 3.02. The first-order chi connectivity index (χ1) is 22.1. The van der Waals surface area contributed by atoms with E-state index in [9.17, 15) is 13.2 Å². The quantitative estimate of drug-likeness (QED) is 0.0657. The summed E-state index contributed by atoms with van der Waals surface area (Å²) in [6.45, 7) is 3.91. The molecular formula is C39H31F7. The summed E-state index contributed by atoms with van der Waals surface area (Å²) < 4.78 is 102. The zero-order valence-corrected chi connectivity index (χ0v) is 25.4. The lowest BCUT2D eigenvalue weighted by atomic mass is 9.94. The summed E-state index contributed by atoms with van der Waals surface area (Å²) in [5, 5.41) is -0.105. The van der Waals surface area contributed by atoms with E-state index in [-0.39, 0.29) is 33.0 Å². The highest BCUT2D eigenvalue weighted by Crippen LogP contribution is 2.35. The fourth-order valence-electron chi connectivity index (χ4n) is 5.65. The van der Waals surface area contributed by atoms with Crippen LogP contribution in [-0.2, 0) is 12.8 Å². The molecule has 0 radical (unpaired) electrons. The van der Waals surface area contributed by atoms with Crippen LogP contribution in [-0.4, -0.2) is 0 Å². The summed E-state index contributed by atoms with van der Waals surface area (Å²) in [5.74, 6) is -2.57. The van der Waals surface area contributed by atoms with Gasteiger partial charge in [-0.15, -0.1) is 0 Å². The third-order valence-electron chi connectivity index (χ3n) is 8.08. The Balaban J connectivity index is 1.42. The molecule has 0 amide bonds. The molecule has 0 aliphatic rings. The van der Waals surface area contributed by atoms with Gasteiger partial charge in [0, 0.05) is 5.56 Å². The number of benzene rings is 5. The predicted molar refractivity (Wildman–Crippen MR) is 169 cm³/mol. The number of fused-ring (bicyclic) bond motifs is 1. The molecule has 0 aliphatic carbocycles. The van der Waals surface area contributed by atoms with Gasteiger partial charge in [-0.25, -0.2) is 30.7 Å². The molecule has 5 aromatic rings. The van der Waals surface area contributed by atoms with E-state index in [4.69, 9.17) is 0 Å². The summed E-state index contributed by atoms with van der Waals surface area (Å²) in [4.78, 5) is 0.